The molecule has 2 aliphatic rings. The van der Waals surface area contributed by atoms with Gasteiger partial charge < -0.3 is 15.0 Å². The van der Waals surface area contributed by atoms with Gasteiger partial charge in [0.05, 0.1) is 6.04 Å². The summed E-state index contributed by atoms with van der Waals surface area (Å²) in [5.41, 5.74) is -0.405. The summed E-state index contributed by atoms with van der Waals surface area (Å²) < 4.78 is 5.61. The maximum absolute atomic E-state index is 12.5. The summed E-state index contributed by atoms with van der Waals surface area (Å²) in [4.78, 5) is 14.5. The molecular formula is C17H32N2O2. The molecule has 2 bridgehead atoms. The van der Waals surface area contributed by atoms with Crippen molar-refractivity contribution in [2.75, 3.05) is 13.1 Å². The molecule has 1 amide bonds. The van der Waals surface area contributed by atoms with Gasteiger partial charge >= 0.3 is 6.09 Å². The van der Waals surface area contributed by atoms with Crippen LogP contribution < -0.4 is 5.32 Å². The molecule has 122 valence electrons. The normalized spacial score (nSPS) is 28.2. The van der Waals surface area contributed by atoms with E-state index in [9.17, 15) is 4.79 Å². The number of hydrogen-bond acceptors (Lipinski definition) is 3. The highest BCUT2D eigenvalue weighted by atomic mass is 16.6. The monoisotopic (exact) mass is 296 g/mol. The zero-order chi connectivity index (χ0) is 15.5. The van der Waals surface area contributed by atoms with Crippen LogP contribution in [-0.2, 0) is 4.74 Å². The minimum absolute atomic E-state index is 0.116. The molecule has 0 radical (unpaired) electrons. The van der Waals surface area contributed by atoms with Crippen molar-refractivity contribution in [1.82, 2.24) is 10.2 Å². The third-order valence-corrected chi connectivity index (χ3v) is 4.66. The summed E-state index contributed by atoms with van der Waals surface area (Å²) in [6.45, 7) is 10.0. The van der Waals surface area contributed by atoms with Crippen molar-refractivity contribution in [3.63, 3.8) is 0 Å². The predicted molar refractivity (Wildman–Crippen MR) is 85.4 cm³/mol. The molecule has 2 rings (SSSR count). The number of nitrogens with zero attached hydrogens (tertiary/aromatic N) is 1. The molecule has 2 fully saturated rings. The van der Waals surface area contributed by atoms with Crippen molar-refractivity contribution in [3.05, 3.63) is 0 Å². The molecule has 1 N–H and O–H groups in total. The first kappa shape index (κ1) is 16.6. The molecule has 4 heteroatoms. The lowest BCUT2D eigenvalue weighted by Gasteiger charge is -2.36. The van der Waals surface area contributed by atoms with Crippen molar-refractivity contribution < 1.29 is 9.53 Å². The van der Waals surface area contributed by atoms with Gasteiger partial charge in [-0.1, -0.05) is 19.8 Å². The van der Waals surface area contributed by atoms with Crippen LogP contribution in [0.1, 0.15) is 66.2 Å². The van der Waals surface area contributed by atoms with Gasteiger partial charge in [-0.05, 0) is 58.9 Å². The minimum atomic E-state index is -0.405. The van der Waals surface area contributed by atoms with Gasteiger partial charge in [0.25, 0.3) is 0 Å². The summed E-state index contributed by atoms with van der Waals surface area (Å²) >= 11 is 0. The summed E-state index contributed by atoms with van der Waals surface area (Å²) in [7, 11) is 0. The first-order chi connectivity index (χ1) is 9.92. The molecule has 1 heterocycles. The van der Waals surface area contributed by atoms with Crippen molar-refractivity contribution >= 4 is 6.09 Å². The summed E-state index contributed by atoms with van der Waals surface area (Å²) in [6, 6.07) is 0.743. The first-order valence-corrected chi connectivity index (χ1v) is 8.64. The van der Waals surface area contributed by atoms with Crippen LogP contribution in [0.15, 0.2) is 0 Å². The van der Waals surface area contributed by atoms with Crippen LogP contribution in [-0.4, -0.2) is 41.8 Å². The Bertz CT molecular complexity index is 351. The highest BCUT2D eigenvalue weighted by molar-refractivity contribution is 5.70. The summed E-state index contributed by atoms with van der Waals surface area (Å²) in [6.07, 6.45) is 7.22. The van der Waals surface area contributed by atoms with Gasteiger partial charge in [0, 0.05) is 12.6 Å². The Morgan fingerprint density at radius 3 is 2.71 bits per heavy atom. The van der Waals surface area contributed by atoms with E-state index < -0.39 is 5.60 Å². The number of rotatable bonds is 6. The van der Waals surface area contributed by atoms with Crippen LogP contribution in [0, 0.1) is 5.92 Å². The van der Waals surface area contributed by atoms with E-state index in [1.165, 1.54) is 32.1 Å². The van der Waals surface area contributed by atoms with Crippen LogP contribution >= 0.6 is 0 Å². The molecule has 0 spiro atoms. The largest absolute Gasteiger partial charge is 0.444 e. The van der Waals surface area contributed by atoms with E-state index in [-0.39, 0.29) is 6.09 Å². The molecule has 0 aromatic rings. The molecule has 1 aliphatic heterocycles. The lowest BCUT2D eigenvalue weighted by atomic mass is 9.99. The second-order valence-electron chi connectivity index (χ2n) is 7.59. The van der Waals surface area contributed by atoms with Gasteiger partial charge in [-0.25, -0.2) is 4.79 Å². The van der Waals surface area contributed by atoms with Crippen LogP contribution in [0.3, 0.4) is 0 Å². The van der Waals surface area contributed by atoms with E-state index in [4.69, 9.17) is 4.74 Å². The fourth-order valence-corrected chi connectivity index (χ4v) is 3.71. The Hall–Kier alpha value is -0.770. The van der Waals surface area contributed by atoms with Gasteiger partial charge in [-0.2, -0.15) is 0 Å². The third kappa shape index (κ3) is 4.35. The zero-order valence-corrected chi connectivity index (χ0v) is 14.2. The van der Waals surface area contributed by atoms with E-state index in [1.54, 1.807) is 0 Å². The number of unbranched alkanes of at least 4 members (excludes halogenated alkanes) is 2. The number of carbonyl (C=O) groups is 1. The molecule has 4 nitrogen and oxygen atoms in total. The van der Waals surface area contributed by atoms with Gasteiger partial charge in [-0.15, -0.1) is 0 Å². The maximum atomic E-state index is 12.5. The molecule has 3 atom stereocenters. The number of likely N-dealkylation sites (tertiary alicyclic amines) is 1. The Labute approximate surface area is 129 Å². The Morgan fingerprint density at radius 1 is 1.29 bits per heavy atom. The maximum Gasteiger partial charge on any atom is 0.410 e. The standard InChI is InChI=1S/C17H32N2O2/c1-5-6-7-10-18-12-15-13-8-9-14(11-13)19(15)16(20)21-17(2,3)4/h13-15,18H,5-12H2,1-4H3. The van der Waals surface area contributed by atoms with Crippen LogP contribution in [0.5, 0.6) is 0 Å². The lowest BCUT2D eigenvalue weighted by molar-refractivity contribution is 0.00765. The Kier molecular flexibility index (Phi) is 5.53. The molecule has 1 saturated carbocycles. The van der Waals surface area contributed by atoms with Gasteiger partial charge in [0.1, 0.15) is 5.60 Å². The highest BCUT2D eigenvalue weighted by Gasteiger charge is 2.48. The number of piperidine rings is 1. The zero-order valence-electron chi connectivity index (χ0n) is 14.2. The second-order valence-corrected chi connectivity index (χ2v) is 7.59. The van der Waals surface area contributed by atoms with Crippen molar-refractivity contribution in [1.29, 1.82) is 0 Å². The number of amides is 1. The lowest BCUT2D eigenvalue weighted by Crippen LogP contribution is -2.51. The van der Waals surface area contributed by atoms with Crippen LogP contribution in [0.2, 0.25) is 0 Å². The topological polar surface area (TPSA) is 41.6 Å². The fourth-order valence-electron chi connectivity index (χ4n) is 3.71. The molecule has 1 saturated heterocycles. The number of hydrogen-bond donors (Lipinski definition) is 1. The summed E-state index contributed by atoms with van der Waals surface area (Å²) in [5, 5.41) is 3.55. The van der Waals surface area contributed by atoms with Gasteiger partial charge in [-0.3, -0.25) is 0 Å². The molecule has 21 heavy (non-hydrogen) atoms. The quantitative estimate of drug-likeness (QED) is 0.762. The predicted octanol–water partition coefficient (Wildman–Crippen LogP) is 3.55. The molecule has 1 aliphatic carbocycles. The molecule has 0 aromatic carbocycles. The average molecular weight is 296 g/mol. The van der Waals surface area contributed by atoms with Crippen LogP contribution in [0.4, 0.5) is 4.79 Å². The number of fused-ring (bicyclic) bond motifs is 2. The molecule has 0 aromatic heterocycles. The van der Waals surface area contributed by atoms with Gasteiger partial charge in [0.2, 0.25) is 0 Å². The van der Waals surface area contributed by atoms with E-state index in [1.807, 2.05) is 25.7 Å². The van der Waals surface area contributed by atoms with E-state index >= 15 is 0 Å². The van der Waals surface area contributed by atoms with Crippen molar-refractivity contribution in [2.24, 2.45) is 5.92 Å². The third-order valence-electron chi connectivity index (χ3n) is 4.66. The Morgan fingerprint density at radius 2 is 2.05 bits per heavy atom. The first-order valence-electron chi connectivity index (χ1n) is 8.64. The average Bonchev–Trinajstić information content (AvgIpc) is 2.96. The number of ether oxygens (including phenoxy) is 1. The van der Waals surface area contributed by atoms with Crippen LogP contribution in [0.25, 0.3) is 0 Å². The summed E-state index contributed by atoms with van der Waals surface area (Å²) in [5.74, 6) is 0.668. The van der Waals surface area contributed by atoms with E-state index in [0.717, 1.165) is 19.5 Å². The van der Waals surface area contributed by atoms with E-state index in [0.29, 0.717) is 18.0 Å². The Balaban J connectivity index is 1.87. The van der Waals surface area contributed by atoms with Crippen molar-refractivity contribution in [3.8, 4) is 0 Å². The SMILES string of the molecule is CCCCCNCC1C2CCC(C2)N1C(=O)OC(C)(C)C. The highest BCUT2D eigenvalue weighted by Crippen LogP contribution is 2.42. The number of nitrogens with one attached hydrogen (secondary N) is 1. The second kappa shape index (κ2) is 6.99. The minimum Gasteiger partial charge on any atom is -0.444 e. The van der Waals surface area contributed by atoms with Gasteiger partial charge in [0.15, 0.2) is 0 Å². The molecular weight excluding hydrogens is 264 g/mol. The number of carbonyl (C=O) groups excluding carboxylic acids is 1. The van der Waals surface area contributed by atoms with Crippen molar-refractivity contribution in [2.45, 2.75) is 83.9 Å². The smallest absolute Gasteiger partial charge is 0.410 e. The molecule has 3 unspecified atom stereocenters. The van der Waals surface area contributed by atoms with E-state index in [2.05, 4.69) is 12.2 Å². The fraction of sp³-hybridized carbons (Fsp3) is 0.941.